The van der Waals surface area contributed by atoms with Crippen molar-refractivity contribution in [2.24, 2.45) is 9.98 Å². The Morgan fingerprint density at radius 3 is 1.55 bits per heavy atom. The van der Waals surface area contributed by atoms with Gasteiger partial charge in [0.1, 0.15) is 80.4 Å². The molecule has 18 rings (SSSR count). The summed E-state index contributed by atoms with van der Waals surface area (Å²) in [7, 11) is 0. The maximum absolute atomic E-state index is 14.8. The molecule has 0 aliphatic carbocycles. The summed E-state index contributed by atoms with van der Waals surface area (Å²) in [5, 5.41) is 0.859. The molecule has 10 heterocycles. The summed E-state index contributed by atoms with van der Waals surface area (Å²) < 4.78 is 67.6. The highest BCUT2D eigenvalue weighted by Crippen LogP contribution is 2.50. The third kappa shape index (κ3) is 8.57. The zero-order chi connectivity index (χ0) is 63.4. The van der Waals surface area contributed by atoms with Crippen molar-refractivity contribution in [2.45, 2.75) is 13.2 Å². The molecule has 0 radical (unpaired) electrons. The smallest absolute Gasteiger partial charge is 0.419 e. The number of ether oxygens (including phenoxy) is 2. The Labute approximate surface area is 545 Å². The molecule has 0 fully saturated rings. The summed E-state index contributed by atoms with van der Waals surface area (Å²) in [6, 6.07) is 42.8. The molecule has 0 aliphatic heterocycles. The third-order valence-corrected chi connectivity index (χ3v) is 22.4. The standard InChI is InChI=1S/C68H30F2N10O8S6/c69-33-21-38-48(39(70)22-33)60(82)62(84)50(38)74-41-26-72-54(56-52(41)76-94-78-56)47-24-43-64(92-47)66-58(80(43)68(86)88-28-30-11-5-2-6-12-30)36-18-16-32(20-45(36)90-66)31-15-17-34-37(19-31)59(81)61(83)49(34)73-40-25-71-53(55-51(40)75-93-77-55)46-23-42-63(91-46)65-57(35-13-7-8-14-44(35)89-65)79(42)67(85)87-27-29-9-3-1-4-10-29/h1-26H,27-28H2/b73-49-,74-50-. The monoisotopic (exact) mass is 1340 g/mol. The normalized spacial score (nSPS) is 12.6. The summed E-state index contributed by atoms with van der Waals surface area (Å²) in [6.45, 7) is 0.0818. The number of thiophene rings is 4. The summed E-state index contributed by atoms with van der Waals surface area (Å²) in [5.41, 5.74) is 4.32. The van der Waals surface area contributed by atoms with Crippen LogP contribution in [0.15, 0.2) is 187 Å². The number of hydrogen-bond donors (Lipinski definition) is 0. The average molecular weight is 1350 g/mol. The fraction of sp³-hybridized carbons (Fsp3) is 0.0294. The van der Waals surface area contributed by atoms with Gasteiger partial charge in [0.05, 0.1) is 91.9 Å². The van der Waals surface area contributed by atoms with E-state index in [1.807, 2.05) is 121 Å². The maximum Gasteiger partial charge on any atom is 0.419 e. The molecular formula is C68H30F2N10O8S6. The van der Waals surface area contributed by atoms with E-state index in [0.717, 1.165) is 95.6 Å². The number of hydrogen-bond acceptors (Lipinski definition) is 22. The van der Waals surface area contributed by atoms with Crippen molar-refractivity contribution in [3.63, 3.8) is 0 Å². The minimum Gasteiger partial charge on any atom is -0.444 e. The van der Waals surface area contributed by atoms with Gasteiger partial charge >= 0.3 is 12.2 Å². The first kappa shape index (κ1) is 55.8. The van der Waals surface area contributed by atoms with Crippen molar-refractivity contribution in [3.05, 3.63) is 232 Å². The molecule has 10 aromatic heterocycles. The number of aromatic nitrogens is 8. The Morgan fingerprint density at radius 1 is 0.457 bits per heavy atom. The molecule has 0 N–H and O–H groups in total. The van der Waals surface area contributed by atoms with Crippen molar-refractivity contribution in [1.82, 2.24) is 36.6 Å². The minimum atomic E-state index is -1.17. The van der Waals surface area contributed by atoms with Gasteiger partial charge in [-0.05, 0) is 58.7 Å². The van der Waals surface area contributed by atoms with Crippen LogP contribution in [0.2, 0.25) is 0 Å². The predicted octanol–water partition coefficient (Wildman–Crippen LogP) is 14.9. The van der Waals surface area contributed by atoms with Crippen LogP contribution in [0.5, 0.6) is 0 Å². The average Bonchev–Trinajstić information content (AvgIpc) is 1.57. The molecule has 0 aliphatic rings. The van der Waals surface area contributed by atoms with Gasteiger partial charge in [0.15, 0.2) is 0 Å². The van der Waals surface area contributed by atoms with Crippen LogP contribution in [0.25, 0.3) is 137 Å². The summed E-state index contributed by atoms with van der Waals surface area (Å²) in [5.74, 6) is -2.16. The van der Waals surface area contributed by atoms with E-state index < -0.39 is 56.3 Å². The fourth-order valence-electron chi connectivity index (χ4n) is 12.2. The van der Waals surface area contributed by atoms with Gasteiger partial charge in [-0.25, -0.2) is 37.5 Å². The number of halogens is 2. The van der Waals surface area contributed by atoms with E-state index in [0.29, 0.717) is 66.4 Å². The van der Waals surface area contributed by atoms with Crippen LogP contribution < -0.4 is 32.4 Å². The molecule has 450 valence electrons. The Hall–Kier alpha value is -11.0. The van der Waals surface area contributed by atoms with Crippen LogP contribution in [-0.2, 0) is 22.7 Å². The van der Waals surface area contributed by atoms with Crippen LogP contribution in [0.1, 0.15) is 11.1 Å². The summed E-state index contributed by atoms with van der Waals surface area (Å²) in [4.78, 5) is 103. The molecule has 94 heavy (non-hydrogen) atoms. The van der Waals surface area contributed by atoms with Crippen molar-refractivity contribution < 1.29 is 27.8 Å². The Balaban J connectivity index is 0.701. The first-order valence-electron chi connectivity index (χ1n) is 28.5. The molecule has 18 nitrogen and oxygen atoms in total. The van der Waals surface area contributed by atoms with E-state index in [-0.39, 0.29) is 46.2 Å². The second-order valence-corrected chi connectivity index (χ2v) is 27.1. The van der Waals surface area contributed by atoms with Gasteiger partial charge in [-0.15, -0.1) is 45.3 Å². The first-order chi connectivity index (χ1) is 45.9. The highest BCUT2D eigenvalue weighted by molar-refractivity contribution is 7.33. The number of fused-ring (bicyclic) bond motifs is 14. The van der Waals surface area contributed by atoms with Gasteiger partial charge in [0, 0.05) is 42.4 Å². The second-order valence-electron chi connectivity index (χ2n) is 21.9. The number of benzene rings is 6. The van der Waals surface area contributed by atoms with Crippen molar-refractivity contribution in [3.8, 4) is 32.3 Å². The van der Waals surface area contributed by atoms with Crippen LogP contribution in [0.3, 0.4) is 0 Å². The SMILES string of the molecule is O=C(OCc1ccccc1)n1c2cc(-c3ncc(/N=c4\c(=O)c(=O)c5cc(-c6ccc7c(c6)sc6c8sc(-c9ncc(/N=c%10\c(=O)c(=O)c%11c(F)cc(F)cc%10%11)c%10nsnc9%10)cc8n(C(=O)OCc8ccccc8)c76)ccc45)c4nsnc34)sc2c2sc3ccccc3c21. The number of nitrogens with zero attached hydrogens (tertiary/aromatic N) is 10. The number of carbonyl (C=O) groups is 2. The Kier molecular flexibility index (Phi) is 12.6. The predicted molar refractivity (Wildman–Crippen MR) is 365 cm³/mol. The fourth-order valence-corrected chi connectivity index (χ4v) is 18.3. The second kappa shape index (κ2) is 21.3. The van der Waals surface area contributed by atoms with Gasteiger partial charge in [0.25, 0.3) is 10.9 Å². The van der Waals surface area contributed by atoms with Crippen molar-refractivity contribution in [1.29, 1.82) is 0 Å². The first-order valence-corrected chi connectivity index (χ1v) is 33.2. The Bertz CT molecular complexity index is 6710. The van der Waals surface area contributed by atoms with Gasteiger partial charge < -0.3 is 9.47 Å². The van der Waals surface area contributed by atoms with Crippen LogP contribution in [0, 0.1) is 11.6 Å². The lowest BCUT2D eigenvalue weighted by atomic mass is 10.0. The van der Waals surface area contributed by atoms with Crippen LogP contribution in [0.4, 0.5) is 29.7 Å². The zero-order valence-corrected chi connectivity index (χ0v) is 52.3. The summed E-state index contributed by atoms with van der Waals surface area (Å²) >= 11 is 7.68. The molecule has 8 aromatic carbocycles. The third-order valence-electron chi connectivity index (χ3n) is 16.5. The van der Waals surface area contributed by atoms with Crippen molar-refractivity contribution >= 4 is 197 Å². The van der Waals surface area contributed by atoms with Gasteiger partial charge in [-0.3, -0.25) is 29.1 Å². The van der Waals surface area contributed by atoms with Gasteiger partial charge in [-0.2, -0.15) is 17.5 Å². The topological polar surface area (TPSA) is 233 Å². The van der Waals surface area contributed by atoms with E-state index in [1.54, 1.807) is 28.0 Å². The number of pyridine rings is 2. The molecule has 0 unspecified atom stereocenters. The van der Waals surface area contributed by atoms with E-state index in [2.05, 4.69) is 22.5 Å². The van der Waals surface area contributed by atoms with E-state index in [1.165, 1.54) is 51.0 Å². The largest absolute Gasteiger partial charge is 0.444 e. The lowest BCUT2D eigenvalue weighted by molar-refractivity contribution is 0.142. The van der Waals surface area contributed by atoms with Gasteiger partial charge in [0.2, 0.25) is 10.9 Å². The van der Waals surface area contributed by atoms with E-state index in [4.69, 9.17) is 24.4 Å². The van der Waals surface area contributed by atoms with E-state index in [9.17, 15) is 37.5 Å². The molecule has 0 saturated heterocycles. The molecule has 18 aromatic rings. The lowest BCUT2D eigenvalue weighted by Crippen LogP contribution is -2.30. The number of carbonyl (C=O) groups excluding carboxylic acids is 2. The zero-order valence-electron chi connectivity index (χ0n) is 47.4. The summed E-state index contributed by atoms with van der Waals surface area (Å²) in [6.07, 6.45) is 1.70. The molecule has 0 saturated carbocycles. The highest BCUT2D eigenvalue weighted by Gasteiger charge is 2.29. The van der Waals surface area contributed by atoms with Crippen LogP contribution >= 0.6 is 68.8 Å². The Morgan fingerprint density at radius 2 is 0.957 bits per heavy atom. The van der Waals surface area contributed by atoms with Crippen LogP contribution in [-0.4, -0.2) is 48.8 Å². The molecule has 26 heteroatoms. The van der Waals surface area contributed by atoms with Crippen molar-refractivity contribution in [2.75, 3.05) is 0 Å². The molecular weight excluding hydrogens is 1320 g/mol. The highest BCUT2D eigenvalue weighted by atomic mass is 32.1. The molecule has 0 bridgehead atoms. The number of rotatable bonds is 9. The van der Waals surface area contributed by atoms with E-state index >= 15 is 0 Å². The quantitative estimate of drug-likeness (QED) is 0.122. The van der Waals surface area contributed by atoms with Gasteiger partial charge in [-0.1, -0.05) is 103 Å². The minimum absolute atomic E-state index is 0.0101. The molecule has 0 spiro atoms. The molecule has 0 atom stereocenters. The maximum atomic E-state index is 14.8. The lowest BCUT2D eigenvalue weighted by Gasteiger charge is -2.08. The molecule has 0 amide bonds.